The normalized spacial score (nSPS) is 11.8. The Bertz CT molecular complexity index is 1080. The van der Waals surface area contributed by atoms with E-state index in [-0.39, 0.29) is 5.43 Å². The first kappa shape index (κ1) is 12.2. The lowest BCUT2D eigenvalue weighted by Crippen LogP contribution is -2.03. The van der Waals surface area contributed by atoms with E-state index in [0.29, 0.717) is 27.5 Å². The van der Waals surface area contributed by atoms with Crippen molar-refractivity contribution in [2.45, 2.75) is 20.8 Å². The van der Waals surface area contributed by atoms with Crippen molar-refractivity contribution in [3.05, 3.63) is 57.4 Å². The Morgan fingerprint density at radius 1 is 0.905 bits per heavy atom. The van der Waals surface area contributed by atoms with Crippen molar-refractivity contribution in [2.75, 3.05) is 0 Å². The number of fused-ring (bicyclic) bond motifs is 4. The average molecular weight is 278 g/mol. The van der Waals surface area contributed by atoms with E-state index in [0.717, 1.165) is 22.1 Å². The van der Waals surface area contributed by atoms with Crippen LogP contribution in [0.15, 0.2) is 44.2 Å². The van der Waals surface area contributed by atoms with Gasteiger partial charge in [-0.2, -0.15) is 0 Å². The number of aryl methyl sites for hydroxylation is 3. The maximum absolute atomic E-state index is 12.8. The van der Waals surface area contributed by atoms with Gasteiger partial charge in [0.15, 0.2) is 0 Å². The number of rotatable bonds is 0. The Kier molecular flexibility index (Phi) is 2.31. The van der Waals surface area contributed by atoms with Gasteiger partial charge in [-0.3, -0.25) is 4.79 Å². The summed E-state index contributed by atoms with van der Waals surface area (Å²) in [5.41, 5.74) is 4.94. The summed E-state index contributed by atoms with van der Waals surface area (Å²) in [6, 6.07) is 7.55. The first-order valence-electron chi connectivity index (χ1n) is 6.91. The van der Waals surface area contributed by atoms with Crippen molar-refractivity contribution in [3.8, 4) is 0 Å². The molecular formula is C18H14O3. The number of hydrogen-bond donors (Lipinski definition) is 0. The van der Waals surface area contributed by atoms with E-state index in [1.54, 1.807) is 6.26 Å². The number of furan rings is 1. The summed E-state index contributed by atoms with van der Waals surface area (Å²) in [6.45, 7) is 5.97. The highest BCUT2D eigenvalue weighted by molar-refractivity contribution is 6.07. The first-order chi connectivity index (χ1) is 10.1. The second kappa shape index (κ2) is 3.98. The molecule has 0 aliphatic carbocycles. The van der Waals surface area contributed by atoms with Crippen LogP contribution < -0.4 is 5.43 Å². The molecule has 0 saturated carbocycles. The predicted molar refractivity (Wildman–Crippen MR) is 84.0 cm³/mol. The SMILES string of the molecule is Cc1ccc2c(=O)c3c(cc(C)c4c(C)coc43)oc2c1. The summed E-state index contributed by atoms with van der Waals surface area (Å²) < 4.78 is 11.6. The minimum Gasteiger partial charge on any atom is -0.463 e. The lowest BCUT2D eigenvalue weighted by atomic mass is 10.0. The van der Waals surface area contributed by atoms with Gasteiger partial charge in [0.1, 0.15) is 22.1 Å². The van der Waals surface area contributed by atoms with Crippen molar-refractivity contribution in [3.63, 3.8) is 0 Å². The van der Waals surface area contributed by atoms with Gasteiger partial charge in [-0.1, -0.05) is 6.07 Å². The molecule has 3 nitrogen and oxygen atoms in total. The highest BCUT2D eigenvalue weighted by Crippen LogP contribution is 2.32. The van der Waals surface area contributed by atoms with E-state index in [4.69, 9.17) is 8.83 Å². The van der Waals surface area contributed by atoms with E-state index in [1.807, 2.05) is 45.0 Å². The summed E-state index contributed by atoms with van der Waals surface area (Å²) >= 11 is 0. The van der Waals surface area contributed by atoms with Gasteiger partial charge in [-0.15, -0.1) is 0 Å². The molecule has 4 rings (SSSR count). The van der Waals surface area contributed by atoms with Crippen LogP contribution in [0.2, 0.25) is 0 Å². The molecule has 0 bridgehead atoms. The monoisotopic (exact) mass is 278 g/mol. The number of hydrogen-bond acceptors (Lipinski definition) is 3. The fraction of sp³-hybridized carbons (Fsp3) is 0.167. The smallest absolute Gasteiger partial charge is 0.204 e. The van der Waals surface area contributed by atoms with Gasteiger partial charge in [-0.05, 0) is 55.7 Å². The van der Waals surface area contributed by atoms with E-state index >= 15 is 0 Å². The summed E-state index contributed by atoms with van der Waals surface area (Å²) in [6.07, 6.45) is 1.69. The first-order valence-corrected chi connectivity index (χ1v) is 6.91. The minimum atomic E-state index is -0.0365. The van der Waals surface area contributed by atoms with Crippen LogP contribution in [0.25, 0.3) is 32.9 Å². The average Bonchev–Trinajstić information content (AvgIpc) is 2.81. The van der Waals surface area contributed by atoms with E-state index < -0.39 is 0 Å². The fourth-order valence-electron chi connectivity index (χ4n) is 3.02. The molecule has 0 saturated heterocycles. The standard InChI is InChI=1S/C18H14O3/c1-9-4-5-12-13(6-9)21-14-7-10(2)15-11(3)8-20-18(15)16(14)17(12)19/h4-8H,1-3H3. The zero-order chi connectivity index (χ0) is 14.7. The molecule has 2 aromatic carbocycles. The van der Waals surface area contributed by atoms with Crippen molar-refractivity contribution in [1.82, 2.24) is 0 Å². The van der Waals surface area contributed by atoms with Gasteiger partial charge >= 0.3 is 0 Å². The Hall–Kier alpha value is -2.55. The Morgan fingerprint density at radius 2 is 1.71 bits per heavy atom. The molecule has 0 radical (unpaired) electrons. The molecule has 3 heteroatoms. The molecule has 0 spiro atoms. The van der Waals surface area contributed by atoms with Crippen LogP contribution in [0.4, 0.5) is 0 Å². The van der Waals surface area contributed by atoms with Crippen LogP contribution in [0.1, 0.15) is 16.7 Å². The van der Waals surface area contributed by atoms with E-state index in [1.165, 1.54) is 0 Å². The van der Waals surface area contributed by atoms with Crippen LogP contribution in [0, 0.1) is 20.8 Å². The van der Waals surface area contributed by atoms with Crippen molar-refractivity contribution in [2.24, 2.45) is 0 Å². The second-order valence-corrected chi connectivity index (χ2v) is 5.62. The molecule has 0 fully saturated rings. The summed E-state index contributed by atoms with van der Waals surface area (Å²) in [4.78, 5) is 12.8. The Balaban J connectivity index is 2.34. The molecule has 21 heavy (non-hydrogen) atoms. The number of benzene rings is 2. The van der Waals surface area contributed by atoms with Crippen LogP contribution in [-0.2, 0) is 0 Å². The van der Waals surface area contributed by atoms with Crippen molar-refractivity contribution >= 4 is 32.9 Å². The Morgan fingerprint density at radius 3 is 2.52 bits per heavy atom. The highest BCUT2D eigenvalue weighted by atomic mass is 16.3. The molecule has 4 aromatic rings. The Labute approximate surface area is 120 Å². The van der Waals surface area contributed by atoms with Crippen LogP contribution in [0.5, 0.6) is 0 Å². The summed E-state index contributed by atoms with van der Waals surface area (Å²) in [5, 5.41) is 2.12. The maximum atomic E-state index is 12.8. The quantitative estimate of drug-likeness (QED) is 0.441. The summed E-state index contributed by atoms with van der Waals surface area (Å²) in [5.74, 6) is 0. The van der Waals surface area contributed by atoms with Crippen LogP contribution in [0.3, 0.4) is 0 Å². The predicted octanol–water partition coefficient (Wildman–Crippen LogP) is 4.62. The summed E-state index contributed by atoms with van der Waals surface area (Å²) in [7, 11) is 0. The zero-order valence-corrected chi connectivity index (χ0v) is 12.1. The van der Waals surface area contributed by atoms with Gasteiger partial charge in [0.2, 0.25) is 5.43 Å². The third-order valence-corrected chi connectivity index (χ3v) is 4.02. The molecule has 0 unspecified atom stereocenters. The van der Waals surface area contributed by atoms with Crippen LogP contribution >= 0.6 is 0 Å². The van der Waals surface area contributed by atoms with Gasteiger partial charge < -0.3 is 8.83 Å². The molecule has 2 aromatic heterocycles. The zero-order valence-electron chi connectivity index (χ0n) is 12.1. The molecule has 0 N–H and O–H groups in total. The van der Waals surface area contributed by atoms with Crippen LogP contribution in [-0.4, -0.2) is 0 Å². The van der Waals surface area contributed by atoms with E-state index in [9.17, 15) is 4.79 Å². The molecular weight excluding hydrogens is 264 g/mol. The lowest BCUT2D eigenvalue weighted by molar-refractivity contribution is 0.613. The van der Waals surface area contributed by atoms with Gasteiger partial charge in [-0.25, -0.2) is 0 Å². The second-order valence-electron chi connectivity index (χ2n) is 5.62. The highest BCUT2D eigenvalue weighted by Gasteiger charge is 2.16. The van der Waals surface area contributed by atoms with Crippen molar-refractivity contribution in [1.29, 1.82) is 0 Å². The molecule has 0 atom stereocenters. The van der Waals surface area contributed by atoms with E-state index in [2.05, 4.69) is 0 Å². The molecule has 0 aliphatic heterocycles. The van der Waals surface area contributed by atoms with Gasteiger partial charge in [0.25, 0.3) is 0 Å². The maximum Gasteiger partial charge on any atom is 0.204 e. The third kappa shape index (κ3) is 1.57. The van der Waals surface area contributed by atoms with Gasteiger partial charge in [0.05, 0.1) is 11.6 Å². The molecule has 2 heterocycles. The molecule has 0 aliphatic rings. The fourth-order valence-corrected chi connectivity index (χ4v) is 3.02. The lowest BCUT2D eigenvalue weighted by Gasteiger charge is -2.05. The minimum absolute atomic E-state index is 0.0365. The van der Waals surface area contributed by atoms with Gasteiger partial charge in [0, 0.05) is 5.39 Å². The largest absolute Gasteiger partial charge is 0.463 e. The third-order valence-electron chi connectivity index (χ3n) is 4.02. The topological polar surface area (TPSA) is 43.4 Å². The van der Waals surface area contributed by atoms with Crippen molar-refractivity contribution < 1.29 is 8.83 Å². The molecule has 0 amide bonds. The molecule has 104 valence electrons.